The lowest BCUT2D eigenvalue weighted by atomic mass is 10.2. The molecule has 0 radical (unpaired) electrons. The number of imidazole rings is 1. The summed E-state index contributed by atoms with van der Waals surface area (Å²) in [5.41, 5.74) is 3.18. The van der Waals surface area contributed by atoms with E-state index in [9.17, 15) is 8.42 Å². The molecule has 1 fully saturated rings. The molecular weight excluding hydrogens is 464 g/mol. The van der Waals surface area contributed by atoms with E-state index in [1.165, 1.54) is 30.2 Å². The smallest absolute Gasteiger partial charge is 0.243 e. The summed E-state index contributed by atoms with van der Waals surface area (Å²) in [7, 11) is -0.646. The zero-order chi connectivity index (χ0) is 24.4. The molecule has 35 heavy (non-hydrogen) atoms. The maximum atomic E-state index is 13.3. The van der Waals surface area contributed by atoms with Gasteiger partial charge in [0, 0.05) is 32.2 Å². The van der Waals surface area contributed by atoms with E-state index >= 15 is 0 Å². The minimum atomic E-state index is -3.66. The van der Waals surface area contributed by atoms with Crippen molar-refractivity contribution in [3.05, 3.63) is 78.4 Å². The third-order valence-corrected chi connectivity index (χ3v) is 8.23. The number of para-hydroxylation sites is 2. The van der Waals surface area contributed by atoms with Crippen LogP contribution in [0.2, 0.25) is 0 Å². The van der Waals surface area contributed by atoms with Gasteiger partial charge in [-0.25, -0.2) is 13.4 Å². The number of rotatable bonds is 7. The average molecular weight is 493 g/mol. The van der Waals surface area contributed by atoms with Crippen molar-refractivity contribution in [2.45, 2.75) is 11.4 Å². The van der Waals surface area contributed by atoms with Crippen molar-refractivity contribution in [1.82, 2.24) is 13.9 Å². The molecule has 4 aromatic rings. The van der Waals surface area contributed by atoms with Gasteiger partial charge in [-0.15, -0.1) is 0 Å². The fourth-order valence-electron chi connectivity index (χ4n) is 4.48. The normalized spacial score (nSPS) is 14.9. The van der Waals surface area contributed by atoms with Crippen molar-refractivity contribution in [1.29, 1.82) is 0 Å². The average Bonchev–Trinajstić information content (AvgIpc) is 3.27. The molecule has 0 atom stereocenters. The highest BCUT2D eigenvalue weighted by Gasteiger charge is 2.31. The van der Waals surface area contributed by atoms with Gasteiger partial charge in [0.05, 0.1) is 36.7 Å². The van der Waals surface area contributed by atoms with Gasteiger partial charge in [-0.05, 0) is 29.8 Å². The summed E-state index contributed by atoms with van der Waals surface area (Å²) in [4.78, 5) is 7.27. The van der Waals surface area contributed by atoms with Crippen LogP contribution in [-0.4, -0.2) is 62.7 Å². The molecule has 3 aromatic carbocycles. The largest absolute Gasteiger partial charge is 0.493 e. The Hall–Kier alpha value is -3.56. The van der Waals surface area contributed by atoms with Crippen LogP contribution in [0.15, 0.2) is 77.7 Å². The summed E-state index contributed by atoms with van der Waals surface area (Å²) >= 11 is 0. The highest BCUT2D eigenvalue weighted by Crippen LogP contribution is 2.31. The SMILES string of the molecule is COc1ccc(S(=O)(=O)N2CCN(c3nc4ccccc4n3Cc3ccccc3)CC2)cc1OC. The number of nitrogens with zero attached hydrogens (tertiary/aromatic N) is 4. The number of hydrogen-bond donors (Lipinski definition) is 0. The summed E-state index contributed by atoms with van der Waals surface area (Å²) in [5, 5.41) is 0. The molecule has 8 nitrogen and oxygen atoms in total. The van der Waals surface area contributed by atoms with Crippen LogP contribution < -0.4 is 14.4 Å². The van der Waals surface area contributed by atoms with Gasteiger partial charge in [0.25, 0.3) is 0 Å². The molecule has 0 saturated carbocycles. The number of piperazine rings is 1. The molecule has 0 amide bonds. The van der Waals surface area contributed by atoms with E-state index < -0.39 is 10.0 Å². The van der Waals surface area contributed by atoms with Gasteiger partial charge >= 0.3 is 0 Å². The van der Waals surface area contributed by atoms with Crippen LogP contribution in [-0.2, 0) is 16.6 Å². The fraction of sp³-hybridized carbons (Fsp3) is 0.269. The molecule has 0 spiro atoms. The molecule has 1 aliphatic rings. The van der Waals surface area contributed by atoms with Gasteiger partial charge in [-0.3, -0.25) is 0 Å². The van der Waals surface area contributed by atoms with Crippen molar-refractivity contribution >= 4 is 27.0 Å². The van der Waals surface area contributed by atoms with Crippen LogP contribution in [0.25, 0.3) is 11.0 Å². The van der Waals surface area contributed by atoms with Crippen LogP contribution >= 0.6 is 0 Å². The van der Waals surface area contributed by atoms with Gasteiger partial charge in [0.2, 0.25) is 16.0 Å². The van der Waals surface area contributed by atoms with Crippen LogP contribution in [0.3, 0.4) is 0 Å². The zero-order valence-electron chi connectivity index (χ0n) is 19.8. The first kappa shape index (κ1) is 23.2. The molecular formula is C26H28N4O4S. The maximum absolute atomic E-state index is 13.3. The predicted octanol–water partition coefficient (Wildman–Crippen LogP) is 3.61. The number of aromatic nitrogens is 2. The van der Waals surface area contributed by atoms with Gasteiger partial charge in [0.15, 0.2) is 11.5 Å². The summed E-state index contributed by atoms with van der Waals surface area (Å²) < 4.78 is 40.9. The van der Waals surface area contributed by atoms with E-state index in [4.69, 9.17) is 14.5 Å². The van der Waals surface area contributed by atoms with Crippen molar-refractivity contribution < 1.29 is 17.9 Å². The number of hydrogen-bond acceptors (Lipinski definition) is 6. The van der Waals surface area contributed by atoms with Crippen LogP contribution in [0, 0.1) is 0 Å². The second-order valence-corrected chi connectivity index (χ2v) is 10.3. The summed E-state index contributed by atoms with van der Waals surface area (Å²) in [6.07, 6.45) is 0. The van der Waals surface area contributed by atoms with Crippen LogP contribution in [0.4, 0.5) is 5.95 Å². The third kappa shape index (κ3) is 4.44. The standard InChI is InChI=1S/C26H28N4O4S/c1-33-24-13-12-21(18-25(24)34-2)35(31,32)29-16-14-28(15-17-29)26-27-22-10-6-7-11-23(22)30(26)19-20-8-4-3-5-9-20/h3-13,18H,14-17,19H2,1-2H3. The molecule has 9 heteroatoms. The molecule has 0 N–H and O–H groups in total. The summed E-state index contributed by atoms with van der Waals surface area (Å²) in [6, 6.07) is 23.1. The van der Waals surface area contributed by atoms with Crippen molar-refractivity contribution in [3.8, 4) is 11.5 Å². The Labute approximate surface area is 205 Å². The van der Waals surface area contributed by atoms with Crippen molar-refractivity contribution in [2.75, 3.05) is 45.3 Å². The Morgan fingerprint density at radius 2 is 1.51 bits per heavy atom. The van der Waals surface area contributed by atoms with E-state index in [0.717, 1.165) is 17.0 Å². The van der Waals surface area contributed by atoms with Crippen LogP contribution in [0.5, 0.6) is 11.5 Å². The molecule has 0 aliphatic carbocycles. The molecule has 0 bridgehead atoms. The lowest BCUT2D eigenvalue weighted by Crippen LogP contribution is -2.49. The first-order valence-corrected chi connectivity index (χ1v) is 12.9. The summed E-state index contributed by atoms with van der Waals surface area (Å²) in [6.45, 7) is 2.52. The van der Waals surface area contributed by atoms with Crippen molar-refractivity contribution in [2.24, 2.45) is 0 Å². The van der Waals surface area contributed by atoms with E-state index in [2.05, 4.69) is 27.7 Å². The Morgan fingerprint density at radius 1 is 0.829 bits per heavy atom. The molecule has 2 heterocycles. The molecule has 0 unspecified atom stereocenters. The van der Waals surface area contributed by atoms with Crippen LogP contribution in [0.1, 0.15) is 5.56 Å². The Bertz CT molecular complexity index is 1430. The van der Waals surface area contributed by atoms with Gasteiger partial charge in [-0.2, -0.15) is 4.31 Å². The number of sulfonamides is 1. The van der Waals surface area contributed by atoms with E-state index in [0.29, 0.717) is 44.2 Å². The van der Waals surface area contributed by atoms with Gasteiger partial charge < -0.3 is 18.9 Å². The quantitative estimate of drug-likeness (QED) is 0.392. The lowest BCUT2D eigenvalue weighted by molar-refractivity contribution is 0.353. The predicted molar refractivity (Wildman–Crippen MR) is 136 cm³/mol. The minimum absolute atomic E-state index is 0.194. The molecule has 1 saturated heterocycles. The second-order valence-electron chi connectivity index (χ2n) is 8.38. The van der Waals surface area contributed by atoms with E-state index in [1.807, 2.05) is 36.4 Å². The topological polar surface area (TPSA) is 76.9 Å². The number of methoxy groups -OCH3 is 2. The molecule has 1 aliphatic heterocycles. The van der Waals surface area contributed by atoms with E-state index in [1.54, 1.807) is 12.1 Å². The number of benzene rings is 3. The van der Waals surface area contributed by atoms with Gasteiger partial charge in [-0.1, -0.05) is 42.5 Å². The molecule has 182 valence electrons. The zero-order valence-corrected chi connectivity index (χ0v) is 20.6. The fourth-order valence-corrected chi connectivity index (χ4v) is 5.92. The second kappa shape index (κ2) is 9.59. The third-order valence-electron chi connectivity index (χ3n) is 6.33. The maximum Gasteiger partial charge on any atom is 0.243 e. The molecule has 5 rings (SSSR count). The Morgan fingerprint density at radius 3 is 2.23 bits per heavy atom. The lowest BCUT2D eigenvalue weighted by Gasteiger charge is -2.35. The van der Waals surface area contributed by atoms with Gasteiger partial charge in [0.1, 0.15) is 0 Å². The first-order chi connectivity index (χ1) is 17.0. The number of fused-ring (bicyclic) bond motifs is 1. The first-order valence-electron chi connectivity index (χ1n) is 11.5. The Balaban J connectivity index is 1.39. The summed E-state index contributed by atoms with van der Waals surface area (Å²) in [5.74, 6) is 1.74. The molecule has 1 aromatic heterocycles. The van der Waals surface area contributed by atoms with Crippen molar-refractivity contribution in [3.63, 3.8) is 0 Å². The number of ether oxygens (including phenoxy) is 2. The van der Waals surface area contributed by atoms with E-state index in [-0.39, 0.29) is 4.90 Å². The minimum Gasteiger partial charge on any atom is -0.493 e. The highest BCUT2D eigenvalue weighted by atomic mass is 32.2. The number of anilines is 1. The highest BCUT2D eigenvalue weighted by molar-refractivity contribution is 7.89. The monoisotopic (exact) mass is 492 g/mol. The Kier molecular flexibility index (Phi) is 6.36.